The van der Waals surface area contributed by atoms with Gasteiger partial charge in [-0.3, -0.25) is 9.36 Å². The standard InChI is InChI=1S/C11H11F2N3O2S/c1-16-8-6(4-14-11(15-8)19-2)3-7(9(16)17)5-18-10(12)13/h3-4,10H,5H2,1-2H3. The van der Waals surface area contributed by atoms with E-state index in [1.807, 2.05) is 6.26 Å². The Bertz CT molecular complexity index is 660. The zero-order chi connectivity index (χ0) is 14.0. The SMILES string of the molecule is CSc1ncc2cc(COC(F)F)c(=O)n(C)c2n1. The first kappa shape index (κ1) is 13.9. The summed E-state index contributed by atoms with van der Waals surface area (Å²) < 4.78 is 29.5. The van der Waals surface area contributed by atoms with E-state index in [0.29, 0.717) is 16.2 Å². The first-order valence-corrected chi connectivity index (χ1v) is 6.55. The number of hydrogen-bond donors (Lipinski definition) is 0. The summed E-state index contributed by atoms with van der Waals surface area (Å²) in [5.74, 6) is 0. The van der Waals surface area contributed by atoms with Crippen LogP contribution in [0.2, 0.25) is 0 Å². The monoisotopic (exact) mass is 287 g/mol. The summed E-state index contributed by atoms with van der Waals surface area (Å²) in [6.07, 6.45) is 3.38. The second-order valence-corrected chi connectivity index (χ2v) is 4.51. The van der Waals surface area contributed by atoms with Gasteiger partial charge < -0.3 is 4.74 Å². The van der Waals surface area contributed by atoms with Gasteiger partial charge in [-0.25, -0.2) is 9.97 Å². The molecule has 2 aromatic rings. The molecule has 0 bridgehead atoms. The Morgan fingerprint density at radius 2 is 2.26 bits per heavy atom. The van der Waals surface area contributed by atoms with E-state index in [0.717, 1.165) is 0 Å². The Hall–Kier alpha value is -1.54. The van der Waals surface area contributed by atoms with E-state index < -0.39 is 18.8 Å². The van der Waals surface area contributed by atoms with E-state index in [1.54, 1.807) is 6.20 Å². The van der Waals surface area contributed by atoms with Gasteiger partial charge in [0, 0.05) is 24.2 Å². The average Bonchev–Trinajstić information content (AvgIpc) is 2.40. The number of thioether (sulfide) groups is 1. The first-order chi connectivity index (χ1) is 9.02. The van der Waals surface area contributed by atoms with E-state index in [9.17, 15) is 13.6 Å². The quantitative estimate of drug-likeness (QED) is 0.634. The summed E-state index contributed by atoms with van der Waals surface area (Å²) in [6, 6.07) is 1.48. The number of aromatic nitrogens is 3. The Morgan fingerprint density at radius 1 is 1.53 bits per heavy atom. The Morgan fingerprint density at radius 3 is 2.89 bits per heavy atom. The van der Waals surface area contributed by atoms with Gasteiger partial charge in [0.25, 0.3) is 5.56 Å². The number of alkyl halides is 2. The van der Waals surface area contributed by atoms with Gasteiger partial charge in [0.1, 0.15) is 5.65 Å². The van der Waals surface area contributed by atoms with Gasteiger partial charge in [-0.1, -0.05) is 11.8 Å². The van der Waals surface area contributed by atoms with Crippen LogP contribution in [-0.2, 0) is 18.4 Å². The molecule has 0 saturated carbocycles. The van der Waals surface area contributed by atoms with Crippen LogP contribution in [0.1, 0.15) is 5.56 Å². The number of rotatable bonds is 4. The summed E-state index contributed by atoms with van der Waals surface area (Å²) in [5, 5.41) is 1.15. The molecule has 2 heterocycles. The predicted molar refractivity (Wildman–Crippen MR) is 67.4 cm³/mol. The van der Waals surface area contributed by atoms with Crippen molar-refractivity contribution in [3.63, 3.8) is 0 Å². The van der Waals surface area contributed by atoms with Crippen molar-refractivity contribution in [1.29, 1.82) is 0 Å². The van der Waals surface area contributed by atoms with Crippen molar-refractivity contribution in [2.75, 3.05) is 6.26 Å². The van der Waals surface area contributed by atoms with Gasteiger partial charge in [-0.05, 0) is 12.3 Å². The lowest BCUT2D eigenvalue weighted by atomic mass is 10.2. The Kier molecular flexibility index (Phi) is 4.11. The van der Waals surface area contributed by atoms with E-state index >= 15 is 0 Å². The highest BCUT2D eigenvalue weighted by Gasteiger charge is 2.11. The number of ether oxygens (including phenoxy) is 1. The lowest BCUT2D eigenvalue weighted by Gasteiger charge is -2.08. The largest absolute Gasteiger partial charge is 0.345 e. The number of fused-ring (bicyclic) bond motifs is 1. The molecule has 0 aliphatic rings. The molecule has 19 heavy (non-hydrogen) atoms. The molecule has 0 unspecified atom stereocenters. The van der Waals surface area contributed by atoms with Crippen LogP contribution >= 0.6 is 11.8 Å². The van der Waals surface area contributed by atoms with E-state index in [4.69, 9.17) is 0 Å². The topological polar surface area (TPSA) is 57.0 Å². The summed E-state index contributed by atoms with van der Waals surface area (Å²) >= 11 is 1.36. The molecule has 0 atom stereocenters. The number of pyridine rings is 1. The molecule has 0 aromatic carbocycles. The van der Waals surface area contributed by atoms with Gasteiger partial charge in [0.2, 0.25) is 0 Å². The fourth-order valence-electron chi connectivity index (χ4n) is 1.65. The third-order valence-electron chi connectivity index (χ3n) is 2.55. The molecule has 0 N–H and O–H groups in total. The molecule has 2 aromatic heterocycles. The molecular weight excluding hydrogens is 276 g/mol. The van der Waals surface area contributed by atoms with Crippen LogP contribution in [0.3, 0.4) is 0 Å². The maximum absolute atomic E-state index is 12.0. The van der Waals surface area contributed by atoms with Crippen LogP contribution in [0.4, 0.5) is 8.78 Å². The van der Waals surface area contributed by atoms with Crippen molar-refractivity contribution >= 4 is 22.8 Å². The van der Waals surface area contributed by atoms with Gasteiger partial charge >= 0.3 is 6.61 Å². The minimum atomic E-state index is -2.91. The molecule has 102 valence electrons. The number of hydrogen-bond acceptors (Lipinski definition) is 5. The lowest BCUT2D eigenvalue weighted by Crippen LogP contribution is -2.23. The second kappa shape index (κ2) is 5.62. The maximum atomic E-state index is 12.0. The van der Waals surface area contributed by atoms with Crippen molar-refractivity contribution in [3.8, 4) is 0 Å². The molecule has 5 nitrogen and oxygen atoms in total. The maximum Gasteiger partial charge on any atom is 0.345 e. The van der Waals surface area contributed by atoms with Crippen LogP contribution in [0.15, 0.2) is 22.2 Å². The fraction of sp³-hybridized carbons (Fsp3) is 0.364. The molecular formula is C11H11F2N3O2S. The smallest absolute Gasteiger partial charge is 0.318 e. The third-order valence-corrected chi connectivity index (χ3v) is 3.11. The molecule has 0 saturated heterocycles. The Balaban J connectivity index is 2.52. The number of aryl methyl sites for hydroxylation is 1. The van der Waals surface area contributed by atoms with E-state index in [2.05, 4.69) is 14.7 Å². The third kappa shape index (κ3) is 2.90. The van der Waals surface area contributed by atoms with Crippen LogP contribution in [0.25, 0.3) is 11.0 Å². The predicted octanol–water partition coefficient (Wildman–Crippen LogP) is 1.79. The van der Waals surface area contributed by atoms with Gasteiger partial charge in [0.15, 0.2) is 5.16 Å². The normalized spacial score (nSPS) is 11.4. The van der Waals surface area contributed by atoms with Crippen LogP contribution in [0, 0.1) is 0 Å². The number of nitrogens with zero attached hydrogens (tertiary/aromatic N) is 3. The van der Waals surface area contributed by atoms with Crippen LogP contribution in [-0.4, -0.2) is 27.4 Å². The molecule has 2 rings (SSSR count). The number of halogens is 2. The molecule has 0 fully saturated rings. The van der Waals surface area contributed by atoms with Crippen molar-refractivity contribution < 1.29 is 13.5 Å². The van der Waals surface area contributed by atoms with E-state index in [-0.39, 0.29) is 5.56 Å². The molecule has 8 heteroatoms. The first-order valence-electron chi connectivity index (χ1n) is 5.32. The summed E-state index contributed by atoms with van der Waals surface area (Å²) in [7, 11) is 1.54. The molecule has 0 spiro atoms. The zero-order valence-electron chi connectivity index (χ0n) is 10.3. The van der Waals surface area contributed by atoms with Crippen molar-refractivity contribution in [2.45, 2.75) is 18.4 Å². The Labute approximate surface area is 111 Å². The molecule has 0 aliphatic heterocycles. The van der Waals surface area contributed by atoms with Crippen molar-refractivity contribution in [3.05, 3.63) is 28.2 Å². The van der Waals surface area contributed by atoms with Crippen molar-refractivity contribution in [1.82, 2.24) is 14.5 Å². The van der Waals surface area contributed by atoms with Crippen molar-refractivity contribution in [2.24, 2.45) is 7.05 Å². The highest BCUT2D eigenvalue weighted by molar-refractivity contribution is 7.98. The molecule has 0 radical (unpaired) electrons. The highest BCUT2D eigenvalue weighted by atomic mass is 32.2. The van der Waals surface area contributed by atoms with Gasteiger partial charge in [0.05, 0.1) is 6.61 Å². The summed E-state index contributed by atoms with van der Waals surface area (Å²) in [6.45, 7) is -3.35. The highest BCUT2D eigenvalue weighted by Crippen LogP contribution is 2.15. The zero-order valence-corrected chi connectivity index (χ0v) is 11.1. The lowest BCUT2D eigenvalue weighted by molar-refractivity contribution is -0.137. The van der Waals surface area contributed by atoms with E-state index in [1.165, 1.54) is 29.4 Å². The molecule has 0 amide bonds. The minimum absolute atomic E-state index is 0.149. The summed E-state index contributed by atoms with van der Waals surface area (Å²) in [5.41, 5.74) is 0.208. The second-order valence-electron chi connectivity index (χ2n) is 3.74. The van der Waals surface area contributed by atoms with Gasteiger partial charge in [-0.15, -0.1) is 0 Å². The minimum Gasteiger partial charge on any atom is -0.318 e. The van der Waals surface area contributed by atoms with Crippen LogP contribution in [0.5, 0.6) is 0 Å². The fourth-order valence-corrected chi connectivity index (χ4v) is 1.99. The average molecular weight is 287 g/mol. The van der Waals surface area contributed by atoms with Crippen LogP contribution < -0.4 is 5.56 Å². The van der Waals surface area contributed by atoms with Gasteiger partial charge in [-0.2, -0.15) is 8.78 Å². The summed E-state index contributed by atoms with van der Waals surface area (Å²) in [4.78, 5) is 20.3. The molecule has 0 aliphatic carbocycles.